The molecular weight excluding hydrogens is 248 g/mol. The van der Waals surface area contributed by atoms with E-state index in [0.717, 1.165) is 0 Å². The molecule has 1 aliphatic carbocycles. The van der Waals surface area contributed by atoms with Gasteiger partial charge in [-0.25, -0.2) is 0 Å². The Balaban J connectivity index is 1.87. The first-order valence-electron chi connectivity index (χ1n) is 8.70. The summed E-state index contributed by atoms with van der Waals surface area (Å²) >= 11 is 0. The fraction of sp³-hybridized carbons (Fsp3) is 1.00. The van der Waals surface area contributed by atoms with Crippen LogP contribution < -0.4 is 5.32 Å². The monoisotopic (exact) mass is 282 g/mol. The molecule has 2 fully saturated rings. The summed E-state index contributed by atoms with van der Waals surface area (Å²) in [6, 6.07) is 0.592. The van der Waals surface area contributed by atoms with Crippen molar-refractivity contribution < 1.29 is 5.11 Å². The summed E-state index contributed by atoms with van der Waals surface area (Å²) in [5.74, 6) is 0.558. The third-order valence-corrected chi connectivity index (χ3v) is 5.32. The van der Waals surface area contributed by atoms with Gasteiger partial charge in [-0.2, -0.15) is 0 Å². The molecule has 1 saturated carbocycles. The Bertz CT molecular complexity index is 266. The molecule has 0 aromatic carbocycles. The Morgan fingerprint density at radius 2 is 1.80 bits per heavy atom. The lowest BCUT2D eigenvalue weighted by Gasteiger charge is -2.43. The molecule has 20 heavy (non-hydrogen) atoms. The third-order valence-electron chi connectivity index (χ3n) is 5.32. The topological polar surface area (TPSA) is 35.5 Å². The molecule has 118 valence electrons. The van der Waals surface area contributed by atoms with Crippen molar-refractivity contribution in [2.24, 2.45) is 11.3 Å². The average Bonchev–Trinajstić information content (AvgIpc) is 2.47. The maximum atomic E-state index is 9.27. The number of nitrogens with one attached hydrogen (secondary N) is 1. The van der Waals surface area contributed by atoms with E-state index in [-0.39, 0.29) is 0 Å². The molecule has 2 rings (SSSR count). The van der Waals surface area contributed by atoms with Gasteiger partial charge in [0.25, 0.3) is 0 Å². The van der Waals surface area contributed by atoms with Crippen molar-refractivity contribution in [1.82, 2.24) is 10.2 Å². The van der Waals surface area contributed by atoms with Crippen molar-refractivity contribution in [3.63, 3.8) is 0 Å². The van der Waals surface area contributed by atoms with Crippen LogP contribution in [-0.4, -0.2) is 48.8 Å². The van der Waals surface area contributed by atoms with Crippen molar-refractivity contribution in [2.75, 3.05) is 32.8 Å². The number of hydrogen-bond donors (Lipinski definition) is 2. The van der Waals surface area contributed by atoms with E-state index in [2.05, 4.69) is 24.1 Å². The van der Waals surface area contributed by atoms with Crippen LogP contribution in [0.1, 0.15) is 58.8 Å². The van der Waals surface area contributed by atoms with Gasteiger partial charge in [-0.15, -0.1) is 0 Å². The molecule has 0 bridgehead atoms. The van der Waals surface area contributed by atoms with Crippen LogP contribution in [0.25, 0.3) is 0 Å². The van der Waals surface area contributed by atoms with Gasteiger partial charge in [-0.3, -0.25) is 0 Å². The van der Waals surface area contributed by atoms with E-state index >= 15 is 0 Å². The van der Waals surface area contributed by atoms with E-state index in [9.17, 15) is 5.11 Å². The normalized spacial score (nSPS) is 25.2. The number of aliphatic hydroxyl groups excluding tert-OH is 1. The van der Waals surface area contributed by atoms with E-state index in [1.165, 1.54) is 71.1 Å². The number of likely N-dealkylation sites (tertiary alicyclic amines) is 1. The Labute approximate surface area is 125 Å². The highest BCUT2D eigenvalue weighted by molar-refractivity contribution is 4.89. The van der Waals surface area contributed by atoms with Gasteiger partial charge in [-0.05, 0) is 50.1 Å². The molecule has 0 aromatic rings. The second-order valence-corrected chi connectivity index (χ2v) is 7.50. The second-order valence-electron chi connectivity index (χ2n) is 7.50. The summed E-state index contributed by atoms with van der Waals surface area (Å²) in [6.07, 6.45) is 9.41. The quantitative estimate of drug-likeness (QED) is 0.786. The first kappa shape index (κ1) is 16.3. The summed E-state index contributed by atoms with van der Waals surface area (Å²) in [4.78, 5) is 2.67. The molecule has 0 radical (unpaired) electrons. The minimum Gasteiger partial charge on any atom is -0.396 e. The van der Waals surface area contributed by atoms with Gasteiger partial charge < -0.3 is 15.3 Å². The molecule has 0 atom stereocenters. The Morgan fingerprint density at radius 1 is 1.15 bits per heavy atom. The Kier molecular flexibility index (Phi) is 6.31. The molecule has 2 aliphatic rings. The van der Waals surface area contributed by atoms with E-state index in [4.69, 9.17) is 0 Å². The molecule has 1 heterocycles. The van der Waals surface area contributed by atoms with Crippen LogP contribution in [-0.2, 0) is 0 Å². The fourth-order valence-corrected chi connectivity index (χ4v) is 3.91. The highest BCUT2D eigenvalue weighted by Gasteiger charge is 2.34. The number of rotatable bonds is 6. The minimum absolute atomic E-state index is 0.383. The van der Waals surface area contributed by atoms with Crippen LogP contribution in [0.2, 0.25) is 0 Å². The van der Waals surface area contributed by atoms with Crippen LogP contribution in [0.5, 0.6) is 0 Å². The number of nitrogens with zero attached hydrogens (tertiary/aromatic N) is 1. The minimum atomic E-state index is 0.383. The van der Waals surface area contributed by atoms with Gasteiger partial charge in [0.05, 0.1) is 0 Å². The summed E-state index contributed by atoms with van der Waals surface area (Å²) in [6.45, 7) is 9.72. The van der Waals surface area contributed by atoms with Gasteiger partial charge in [0.15, 0.2) is 0 Å². The highest BCUT2D eigenvalue weighted by Crippen LogP contribution is 2.37. The SMILES string of the molecule is CC(C)NCC1(CN2CCC(CO)CC2)CCCCC1. The lowest BCUT2D eigenvalue weighted by molar-refractivity contribution is 0.0647. The third kappa shape index (κ3) is 4.71. The molecule has 0 aromatic heterocycles. The fourth-order valence-electron chi connectivity index (χ4n) is 3.91. The van der Waals surface area contributed by atoms with Crippen LogP contribution in [0.4, 0.5) is 0 Å². The van der Waals surface area contributed by atoms with Gasteiger partial charge in [0.2, 0.25) is 0 Å². The zero-order valence-corrected chi connectivity index (χ0v) is 13.5. The number of piperidine rings is 1. The van der Waals surface area contributed by atoms with Crippen molar-refractivity contribution in [2.45, 2.75) is 64.8 Å². The van der Waals surface area contributed by atoms with Gasteiger partial charge >= 0.3 is 0 Å². The second kappa shape index (κ2) is 7.77. The molecule has 0 spiro atoms. The summed E-state index contributed by atoms with van der Waals surface area (Å²) in [5.41, 5.74) is 0.509. The molecule has 1 saturated heterocycles. The van der Waals surface area contributed by atoms with Crippen molar-refractivity contribution in [3.05, 3.63) is 0 Å². The maximum Gasteiger partial charge on any atom is 0.0460 e. The highest BCUT2D eigenvalue weighted by atomic mass is 16.3. The van der Waals surface area contributed by atoms with E-state index in [1.54, 1.807) is 0 Å². The first-order valence-corrected chi connectivity index (χ1v) is 8.70. The van der Waals surface area contributed by atoms with Gasteiger partial charge in [-0.1, -0.05) is 33.1 Å². The summed E-state index contributed by atoms with van der Waals surface area (Å²) < 4.78 is 0. The molecule has 0 unspecified atom stereocenters. The largest absolute Gasteiger partial charge is 0.396 e. The van der Waals surface area contributed by atoms with Crippen molar-refractivity contribution in [3.8, 4) is 0 Å². The standard InChI is InChI=1S/C17H34N2O/c1-15(2)18-13-17(8-4-3-5-9-17)14-19-10-6-16(12-20)7-11-19/h15-16,18,20H,3-14H2,1-2H3. The zero-order chi connectivity index (χ0) is 14.4. The Hall–Kier alpha value is -0.120. The maximum absolute atomic E-state index is 9.27. The molecule has 1 aliphatic heterocycles. The first-order chi connectivity index (χ1) is 9.63. The molecule has 2 N–H and O–H groups in total. The van der Waals surface area contributed by atoms with Crippen LogP contribution >= 0.6 is 0 Å². The van der Waals surface area contributed by atoms with E-state index in [0.29, 0.717) is 24.0 Å². The lowest BCUT2D eigenvalue weighted by atomic mass is 9.73. The van der Waals surface area contributed by atoms with Crippen molar-refractivity contribution in [1.29, 1.82) is 0 Å². The molecular formula is C17H34N2O. The van der Waals surface area contributed by atoms with E-state index in [1.807, 2.05) is 0 Å². The predicted molar refractivity (Wildman–Crippen MR) is 84.9 cm³/mol. The number of aliphatic hydroxyl groups is 1. The molecule has 3 heteroatoms. The van der Waals surface area contributed by atoms with Gasteiger partial charge in [0, 0.05) is 25.7 Å². The van der Waals surface area contributed by atoms with Crippen molar-refractivity contribution >= 4 is 0 Å². The summed E-state index contributed by atoms with van der Waals surface area (Å²) in [5, 5.41) is 13.0. The zero-order valence-electron chi connectivity index (χ0n) is 13.5. The van der Waals surface area contributed by atoms with Gasteiger partial charge in [0.1, 0.15) is 0 Å². The van der Waals surface area contributed by atoms with Crippen LogP contribution in [0.15, 0.2) is 0 Å². The average molecular weight is 282 g/mol. The van der Waals surface area contributed by atoms with Crippen LogP contribution in [0.3, 0.4) is 0 Å². The smallest absolute Gasteiger partial charge is 0.0460 e. The molecule has 0 amide bonds. The van der Waals surface area contributed by atoms with E-state index < -0.39 is 0 Å². The molecule has 3 nitrogen and oxygen atoms in total. The summed E-state index contributed by atoms with van der Waals surface area (Å²) in [7, 11) is 0. The predicted octanol–water partition coefficient (Wildman–Crippen LogP) is 2.64. The lowest BCUT2D eigenvalue weighted by Crippen LogP contribution is -2.48. The van der Waals surface area contributed by atoms with Crippen LogP contribution in [0, 0.1) is 11.3 Å². The number of hydrogen-bond acceptors (Lipinski definition) is 3. The Morgan fingerprint density at radius 3 is 2.35 bits per heavy atom.